The highest BCUT2D eigenvalue weighted by Gasteiger charge is 2.28. The van der Waals surface area contributed by atoms with Crippen molar-refractivity contribution >= 4 is 23.2 Å². The lowest BCUT2D eigenvalue weighted by Gasteiger charge is -2.28. The first-order valence-electron chi connectivity index (χ1n) is 17.0. The maximum atomic E-state index is 14.9. The second-order valence-corrected chi connectivity index (χ2v) is 13.9. The molecule has 5 rings (SSSR count). The van der Waals surface area contributed by atoms with E-state index in [0.29, 0.717) is 42.1 Å². The van der Waals surface area contributed by atoms with E-state index in [2.05, 4.69) is 41.2 Å². The van der Waals surface area contributed by atoms with Gasteiger partial charge < -0.3 is 19.9 Å². The molecule has 3 heterocycles. The molecule has 11 heteroatoms. The van der Waals surface area contributed by atoms with E-state index in [9.17, 15) is 14.0 Å². The van der Waals surface area contributed by atoms with E-state index in [1.807, 2.05) is 31.3 Å². The molecule has 10 nitrogen and oxygen atoms in total. The van der Waals surface area contributed by atoms with Gasteiger partial charge in [-0.15, -0.1) is 0 Å². The maximum Gasteiger partial charge on any atom is 0.322 e. The number of rotatable bonds is 14. The lowest BCUT2D eigenvalue weighted by molar-refractivity contribution is -0.123. The summed E-state index contributed by atoms with van der Waals surface area (Å²) in [7, 11) is 6.05. The van der Waals surface area contributed by atoms with Crippen LogP contribution in [0.4, 0.5) is 10.3 Å². The number of nitrogens with zero attached hydrogens (tertiary/aromatic N) is 6. The van der Waals surface area contributed by atoms with Crippen LogP contribution in [0.25, 0.3) is 5.65 Å². The van der Waals surface area contributed by atoms with Crippen LogP contribution in [0, 0.1) is 17.7 Å². The SMILES string of the molecule is CC(C)c1cnn2c(NCc3ccc(F)c(CC(=O)C4CCC(CC(=O)/C=C/CN(C)C)CC4)c3)nc(OC3CCN(C)CC3)nc12. The molecule has 2 fully saturated rings. The molecule has 0 unspecified atom stereocenters. The van der Waals surface area contributed by atoms with Gasteiger partial charge in [0.05, 0.1) is 6.20 Å². The maximum absolute atomic E-state index is 14.9. The number of likely N-dealkylation sites (tertiary alicyclic amines) is 1. The number of likely N-dealkylation sites (N-methyl/N-ethyl adjacent to an activating group) is 1. The van der Waals surface area contributed by atoms with Crippen LogP contribution in [-0.4, -0.2) is 87.8 Å². The third-order valence-electron chi connectivity index (χ3n) is 9.43. The number of Topliss-reactive ketones (excluding diaryl/α,β-unsaturated/α-hetero) is 1. The minimum Gasteiger partial charge on any atom is -0.460 e. The van der Waals surface area contributed by atoms with E-state index < -0.39 is 0 Å². The molecule has 47 heavy (non-hydrogen) atoms. The lowest BCUT2D eigenvalue weighted by Crippen LogP contribution is -2.36. The summed E-state index contributed by atoms with van der Waals surface area (Å²) >= 11 is 0. The van der Waals surface area contributed by atoms with Crippen molar-refractivity contribution in [3.8, 4) is 6.01 Å². The zero-order valence-corrected chi connectivity index (χ0v) is 28.5. The molecule has 1 aliphatic heterocycles. The number of anilines is 1. The zero-order chi connectivity index (χ0) is 33.5. The van der Waals surface area contributed by atoms with Crippen LogP contribution < -0.4 is 10.1 Å². The van der Waals surface area contributed by atoms with Gasteiger partial charge >= 0.3 is 6.01 Å². The minimum absolute atomic E-state index is 0.0527. The standard InChI is InChI=1S/C36H50FN7O3/c1-24(2)31-23-39-44-34(31)40-36(47-30-14-17-43(5)18-15-30)41-35(44)38-22-26-10-13-32(37)28(19-26)21-33(46)27-11-8-25(9-12-27)20-29(45)7-6-16-42(3)4/h6-7,10,13,19,23-25,27,30H,8-9,11-12,14-18,20-22H2,1-5H3,(H,38,40,41)/b7-6+. The van der Waals surface area contributed by atoms with Crippen LogP contribution in [0.15, 0.2) is 36.5 Å². The van der Waals surface area contributed by atoms with E-state index in [1.165, 1.54) is 6.07 Å². The van der Waals surface area contributed by atoms with Gasteiger partial charge in [-0.3, -0.25) is 9.59 Å². The zero-order valence-electron chi connectivity index (χ0n) is 28.5. The van der Waals surface area contributed by atoms with E-state index in [1.54, 1.807) is 22.7 Å². The summed E-state index contributed by atoms with van der Waals surface area (Å²) in [5.74, 6) is 0.751. The molecule has 0 radical (unpaired) electrons. The number of ketones is 2. The average molecular weight is 648 g/mol. The molecule has 1 N–H and O–H groups in total. The monoisotopic (exact) mass is 647 g/mol. The first kappa shape index (κ1) is 34.6. The Labute approximate surface area is 277 Å². The number of fused-ring (bicyclic) bond motifs is 1. The largest absolute Gasteiger partial charge is 0.460 e. The molecule has 1 saturated carbocycles. The predicted molar refractivity (Wildman–Crippen MR) is 181 cm³/mol. The summed E-state index contributed by atoms with van der Waals surface area (Å²) in [6.07, 6.45) is 11.0. The van der Waals surface area contributed by atoms with Crippen LogP contribution in [0.5, 0.6) is 6.01 Å². The molecule has 0 spiro atoms. The molecule has 0 bridgehead atoms. The second kappa shape index (κ2) is 15.9. The molecule has 254 valence electrons. The number of hydrogen-bond donors (Lipinski definition) is 1. The average Bonchev–Trinajstić information content (AvgIpc) is 3.47. The number of nitrogens with one attached hydrogen (secondary N) is 1. The number of carbonyl (C=O) groups is 2. The van der Waals surface area contributed by atoms with Gasteiger partial charge in [-0.05, 0) is 94.8 Å². The number of halogens is 1. The van der Waals surface area contributed by atoms with Crippen molar-refractivity contribution in [2.75, 3.05) is 46.1 Å². The summed E-state index contributed by atoms with van der Waals surface area (Å²) in [5.41, 5.74) is 2.94. The molecule has 1 saturated heterocycles. The predicted octanol–water partition coefficient (Wildman–Crippen LogP) is 5.47. The van der Waals surface area contributed by atoms with Crippen LogP contribution in [0.1, 0.15) is 81.4 Å². The summed E-state index contributed by atoms with van der Waals surface area (Å²) < 4.78 is 22.9. The Morgan fingerprint density at radius 1 is 1.11 bits per heavy atom. The Kier molecular flexibility index (Phi) is 11.7. The van der Waals surface area contributed by atoms with Gasteiger partial charge in [-0.2, -0.15) is 19.6 Å². The lowest BCUT2D eigenvalue weighted by atomic mass is 9.77. The third kappa shape index (κ3) is 9.44. The molecule has 2 aromatic heterocycles. The van der Waals surface area contributed by atoms with Crippen LogP contribution in [0.2, 0.25) is 0 Å². The molecular formula is C36H50FN7O3. The quantitative estimate of drug-likeness (QED) is 0.228. The van der Waals surface area contributed by atoms with Gasteiger partial charge in [0, 0.05) is 50.5 Å². The third-order valence-corrected chi connectivity index (χ3v) is 9.43. The molecular weight excluding hydrogens is 597 g/mol. The molecule has 1 aromatic carbocycles. The topological polar surface area (TPSA) is 105 Å². The number of aromatic nitrogens is 4. The van der Waals surface area contributed by atoms with Gasteiger partial charge in [-0.1, -0.05) is 32.1 Å². The van der Waals surface area contributed by atoms with Gasteiger partial charge in [0.15, 0.2) is 11.4 Å². The Morgan fingerprint density at radius 2 is 1.85 bits per heavy atom. The number of carbonyl (C=O) groups excluding carboxylic acids is 2. The summed E-state index contributed by atoms with van der Waals surface area (Å²) in [6.45, 7) is 7.24. The smallest absolute Gasteiger partial charge is 0.322 e. The highest BCUT2D eigenvalue weighted by molar-refractivity contribution is 5.89. The van der Waals surface area contributed by atoms with E-state index >= 15 is 0 Å². The molecule has 0 amide bonds. The first-order valence-corrected chi connectivity index (χ1v) is 17.0. The number of allylic oxidation sites excluding steroid dienone is 1. The summed E-state index contributed by atoms with van der Waals surface area (Å²) in [4.78, 5) is 39.3. The van der Waals surface area contributed by atoms with Crippen LogP contribution in [-0.2, 0) is 22.6 Å². The molecule has 2 aliphatic rings. The molecule has 0 atom stereocenters. The second-order valence-electron chi connectivity index (χ2n) is 13.9. The van der Waals surface area contributed by atoms with Gasteiger partial charge in [-0.25, -0.2) is 4.39 Å². The number of ether oxygens (including phenoxy) is 1. The van der Waals surface area contributed by atoms with Crippen molar-refractivity contribution in [3.05, 3.63) is 59.1 Å². The van der Waals surface area contributed by atoms with E-state index in [4.69, 9.17) is 9.72 Å². The van der Waals surface area contributed by atoms with Crippen molar-refractivity contribution in [2.24, 2.45) is 11.8 Å². The Bertz CT molecular complexity index is 1550. The van der Waals surface area contributed by atoms with Gasteiger partial charge in [0.1, 0.15) is 17.7 Å². The fourth-order valence-electron chi connectivity index (χ4n) is 6.52. The molecule has 1 aliphatic carbocycles. The van der Waals surface area contributed by atoms with Crippen LogP contribution in [0.3, 0.4) is 0 Å². The van der Waals surface area contributed by atoms with E-state index in [-0.39, 0.29) is 41.7 Å². The van der Waals surface area contributed by atoms with Crippen molar-refractivity contribution < 1.29 is 18.7 Å². The Balaban J connectivity index is 1.20. The highest BCUT2D eigenvalue weighted by Crippen LogP contribution is 2.32. The van der Waals surface area contributed by atoms with Crippen molar-refractivity contribution in [3.63, 3.8) is 0 Å². The summed E-state index contributed by atoms with van der Waals surface area (Å²) in [6, 6.07) is 5.24. The van der Waals surface area contributed by atoms with E-state index in [0.717, 1.165) is 69.3 Å². The highest BCUT2D eigenvalue weighted by atomic mass is 19.1. The molecule has 3 aromatic rings. The summed E-state index contributed by atoms with van der Waals surface area (Å²) in [5, 5.41) is 7.91. The van der Waals surface area contributed by atoms with Gasteiger partial charge in [0.2, 0.25) is 5.95 Å². The number of hydrogen-bond acceptors (Lipinski definition) is 9. The van der Waals surface area contributed by atoms with Crippen LogP contribution >= 0.6 is 0 Å². The number of piperidine rings is 1. The number of benzene rings is 1. The Hall–Kier alpha value is -3.70. The first-order chi connectivity index (χ1) is 22.5. The Morgan fingerprint density at radius 3 is 2.55 bits per heavy atom. The van der Waals surface area contributed by atoms with Crippen molar-refractivity contribution in [2.45, 2.75) is 83.8 Å². The fraction of sp³-hybridized carbons (Fsp3) is 0.583. The van der Waals surface area contributed by atoms with Gasteiger partial charge in [0.25, 0.3) is 0 Å². The minimum atomic E-state index is -0.377. The fourth-order valence-corrected chi connectivity index (χ4v) is 6.52. The van der Waals surface area contributed by atoms with Crippen molar-refractivity contribution in [1.82, 2.24) is 29.4 Å². The normalized spacial score (nSPS) is 19.7. The van der Waals surface area contributed by atoms with Crippen molar-refractivity contribution in [1.29, 1.82) is 0 Å².